The highest BCUT2D eigenvalue weighted by atomic mass is 32.1. The Bertz CT molecular complexity index is 355. The van der Waals surface area contributed by atoms with Crippen molar-refractivity contribution in [3.63, 3.8) is 0 Å². The summed E-state index contributed by atoms with van der Waals surface area (Å²) >= 11 is 1.35. The van der Waals surface area contributed by atoms with Gasteiger partial charge in [0, 0.05) is 5.92 Å². The van der Waals surface area contributed by atoms with Crippen molar-refractivity contribution >= 4 is 23.4 Å². The van der Waals surface area contributed by atoms with E-state index in [1.807, 2.05) is 13.8 Å². The molecule has 0 unspecified atom stereocenters. The van der Waals surface area contributed by atoms with Crippen LogP contribution in [0.5, 0.6) is 0 Å². The maximum atomic E-state index is 11.4. The summed E-state index contributed by atoms with van der Waals surface area (Å²) in [6.45, 7) is 5.84. The minimum Gasteiger partial charge on any atom is -0.283 e. The van der Waals surface area contributed by atoms with Crippen LogP contribution in [0.15, 0.2) is 0 Å². The van der Waals surface area contributed by atoms with Crippen molar-refractivity contribution in [3.05, 3.63) is 10.7 Å². The van der Waals surface area contributed by atoms with Crippen LogP contribution in [0, 0.1) is 6.92 Å². The Labute approximate surface area is 81.8 Å². The van der Waals surface area contributed by atoms with E-state index in [-0.39, 0.29) is 0 Å². The van der Waals surface area contributed by atoms with Gasteiger partial charge in [0.1, 0.15) is 4.62 Å². The van der Waals surface area contributed by atoms with Gasteiger partial charge in [0.05, 0.1) is 10.7 Å². The van der Waals surface area contributed by atoms with E-state index < -0.39 is 7.44 Å². The monoisotopic (exact) mass is 219 g/mol. The average Bonchev–Trinajstić information content (AvgIpc) is 2.29. The second-order valence-electron chi connectivity index (χ2n) is 3.31. The molecule has 0 amide bonds. The molecule has 74 valence electrons. The maximum absolute atomic E-state index is 11.4. The van der Waals surface area contributed by atoms with Gasteiger partial charge in [0.15, 0.2) is 0 Å². The van der Waals surface area contributed by atoms with Gasteiger partial charge in [-0.15, -0.1) is 11.3 Å². The van der Waals surface area contributed by atoms with Crippen LogP contribution in [0.4, 0.5) is 0 Å². The largest absolute Gasteiger partial charge is 0.283 e. The van der Waals surface area contributed by atoms with Crippen molar-refractivity contribution in [3.8, 4) is 0 Å². The molecule has 1 aromatic heterocycles. The fraction of sp³-hybridized carbons (Fsp3) is 0.571. The van der Waals surface area contributed by atoms with Gasteiger partial charge in [0.25, 0.3) is 0 Å². The summed E-state index contributed by atoms with van der Waals surface area (Å²) in [5.74, 6) is 0.323. The molecule has 0 aliphatic rings. The summed E-state index contributed by atoms with van der Waals surface area (Å²) in [6, 6.07) is 0. The molecule has 1 heterocycles. The van der Waals surface area contributed by atoms with Gasteiger partial charge in [-0.1, -0.05) is 13.8 Å². The Balaban J connectivity index is 3.19. The van der Waals surface area contributed by atoms with Crippen molar-refractivity contribution in [2.24, 2.45) is 11.0 Å². The predicted octanol–water partition coefficient (Wildman–Crippen LogP) is 1.31. The molecular formula is C7H14N3OPS. The molecule has 0 fully saturated rings. The third kappa shape index (κ3) is 2.38. The molecule has 0 radical (unpaired) electrons. The topological polar surface area (TPSA) is 82.0 Å². The van der Waals surface area contributed by atoms with E-state index >= 15 is 0 Å². The zero-order valence-electron chi connectivity index (χ0n) is 7.94. The van der Waals surface area contributed by atoms with E-state index in [9.17, 15) is 4.57 Å². The van der Waals surface area contributed by atoms with Crippen molar-refractivity contribution in [1.82, 2.24) is 4.98 Å². The maximum Gasteiger partial charge on any atom is 0.246 e. The lowest BCUT2D eigenvalue weighted by Crippen LogP contribution is -2.17. The van der Waals surface area contributed by atoms with Crippen LogP contribution in [-0.2, 0) is 4.57 Å². The predicted molar refractivity (Wildman–Crippen MR) is 56.6 cm³/mol. The molecule has 0 atom stereocenters. The van der Waals surface area contributed by atoms with E-state index in [4.69, 9.17) is 11.0 Å². The minimum atomic E-state index is -3.12. The summed E-state index contributed by atoms with van der Waals surface area (Å²) in [5, 5.41) is 0.934. The fourth-order valence-electron chi connectivity index (χ4n) is 0.980. The Morgan fingerprint density at radius 3 is 2.23 bits per heavy atom. The Kier molecular flexibility index (Phi) is 2.92. The molecule has 1 rings (SSSR count). The van der Waals surface area contributed by atoms with Gasteiger partial charge in [-0.2, -0.15) is 0 Å². The Hall–Kier alpha value is -0.220. The summed E-state index contributed by atoms with van der Waals surface area (Å²) < 4.78 is 11.9. The number of aryl methyl sites for hydroxylation is 1. The molecule has 0 saturated heterocycles. The van der Waals surface area contributed by atoms with Crippen LogP contribution in [0.3, 0.4) is 0 Å². The smallest absolute Gasteiger partial charge is 0.246 e. The number of nitrogens with zero attached hydrogens (tertiary/aromatic N) is 1. The first kappa shape index (κ1) is 10.9. The van der Waals surface area contributed by atoms with E-state index in [0.717, 1.165) is 5.01 Å². The van der Waals surface area contributed by atoms with Crippen LogP contribution in [0.25, 0.3) is 0 Å². The van der Waals surface area contributed by atoms with E-state index in [0.29, 0.717) is 16.2 Å². The van der Waals surface area contributed by atoms with Crippen LogP contribution in [0.1, 0.15) is 30.5 Å². The lowest BCUT2D eigenvalue weighted by Gasteiger charge is -2.02. The van der Waals surface area contributed by atoms with Crippen molar-refractivity contribution < 1.29 is 4.57 Å². The van der Waals surface area contributed by atoms with Gasteiger partial charge in [-0.25, -0.2) is 4.98 Å². The van der Waals surface area contributed by atoms with Crippen molar-refractivity contribution in [2.45, 2.75) is 26.7 Å². The molecule has 0 bridgehead atoms. The SMILES string of the molecule is Cc1nc(C(C)C)sc1P(N)(N)=O. The number of rotatable bonds is 2. The minimum absolute atomic E-state index is 0.323. The molecule has 6 heteroatoms. The van der Waals surface area contributed by atoms with Crippen LogP contribution in [-0.4, -0.2) is 4.98 Å². The summed E-state index contributed by atoms with van der Waals surface area (Å²) in [6.07, 6.45) is 0. The molecule has 0 aromatic carbocycles. The zero-order valence-corrected chi connectivity index (χ0v) is 9.65. The molecule has 1 aromatic rings. The van der Waals surface area contributed by atoms with Gasteiger partial charge in [0.2, 0.25) is 7.44 Å². The van der Waals surface area contributed by atoms with E-state index in [1.165, 1.54) is 11.3 Å². The van der Waals surface area contributed by atoms with Crippen LogP contribution < -0.4 is 15.6 Å². The lowest BCUT2D eigenvalue weighted by molar-refractivity contribution is 0.583. The first-order chi connectivity index (χ1) is 5.82. The normalized spacial score (nSPS) is 12.5. The second-order valence-corrected chi connectivity index (χ2v) is 6.51. The van der Waals surface area contributed by atoms with Gasteiger partial charge in [-0.05, 0) is 6.92 Å². The Morgan fingerprint density at radius 1 is 1.46 bits per heavy atom. The number of hydrogen-bond donors (Lipinski definition) is 2. The second kappa shape index (κ2) is 3.50. The molecular weight excluding hydrogens is 205 g/mol. The number of hydrogen-bond acceptors (Lipinski definition) is 3. The lowest BCUT2D eigenvalue weighted by atomic mass is 10.2. The highest BCUT2D eigenvalue weighted by Gasteiger charge is 2.21. The quantitative estimate of drug-likeness (QED) is 0.735. The summed E-state index contributed by atoms with van der Waals surface area (Å²) in [5.41, 5.74) is 11.4. The van der Waals surface area contributed by atoms with Gasteiger partial charge < -0.3 is 0 Å². The standard InChI is InChI=1S/C7H14N3OPS/c1-4(2)6-10-5(3)7(13-6)12(8,9)11/h4H,1-3H3,(H4,8,9,11). The Morgan fingerprint density at radius 2 is 2.00 bits per heavy atom. The van der Waals surface area contributed by atoms with Crippen LogP contribution >= 0.6 is 18.8 Å². The molecule has 0 saturated carbocycles. The first-order valence-electron chi connectivity index (χ1n) is 3.97. The first-order valence-corrected chi connectivity index (χ1v) is 6.63. The molecule has 13 heavy (non-hydrogen) atoms. The fourth-order valence-corrected chi connectivity index (χ4v) is 3.20. The summed E-state index contributed by atoms with van der Waals surface area (Å²) in [7, 11) is -3.12. The van der Waals surface area contributed by atoms with Gasteiger partial charge >= 0.3 is 0 Å². The van der Waals surface area contributed by atoms with Crippen molar-refractivity contribution in [1.29, 1.82) is 0 Å². The number of thiazole rings is 1. The highest BCUT2D eigenvalue weighted by molar-refractivity contribution is 7.73. The zero-order chi connectivity index (χ0) is 10.2. The molecule has 4 N–H and O–H groups in total. The van der Waals surface area contributed by atoms with Gasteiger partial charge in [-0.3, -0.25) is 15.6 Å². The molecule has 0 aliphatic carbocycles. The van der Waals surface area contributed by atoms with Crippen LogP contribution in [0.2, 0.25) is 0 Å². The average molecular weight is 219 g/mol. The third-order valence-corrected chi connectivity index (χ3v) is 4.95. The number of nitrogens with two attached hydrogens (primary N) is 2. The summed E-state index contributed by atoms with van der Waals surface area (Å²) in [4.78, 5) is 4.26. The van der Waals surface area contributed by atoms with E-state index in [1.54, 1.807) is 6.92 Å². The molecule has 4 nitrogen and oxygen atoms in total. The van der Waals surface area contributed by atoms with Crippen molar-refractivity contribution in [2.75, 3.05) is 0 Å². The highest BCUT2D eigenvalue weighted by Crippen LogP contribution is 2.31. The number of aromatic nitrogens is 1. The molecule has 0 spiro atoms. The van der Waals surface area contributed by atoms with E-state index in [2.05, 4.69) is 4.98 Å². The molecule has 0 aliphatic heterocycles. The third-order valence-electron chi connectivity index (χ3n) is 1.60.